The van der Waals surface area contributed by atoms with Crippen LogP contribution in [0, 0.1) is 6.92 Å². The molecule has 102 valence electrons. The molecule has 0 aliphatic heterocycles. The number of nitrogens with zero attached hydrogens (tertiary/aromatic N) is 1. The number of rotatable bonds is 3. The summed E-state index contributed by atoms with van der Waals surface area (Å²) >= 11 is 0. The fraction of sp³-hybridized carbons (Fsp3) is 0.235. The van der Waals surface area contributed by atoms with Crippen molar-refractivity contribution in [1.82, 2.24) is 9.97 Å². The van der Waals surface area contributed by atoms with Gasteiger partial charge in [-0.15, -0.1) is 0 Å². The lowest BCUT2D eigenvalue weighted by molar-refractivity contribution is 0.242. The first kappa shape index (κ1) is 12.7. The predicted molar refractivity (Wildman–Crippen MR) is 82.0 cm³/mol. The molecule has 3 aromatic rings. The fourth-order valence-corrected chi connectivity index (χ4v) is 2.30. The molecule has 0 aliphatic rings. The third-order valence-electron chi connectivity index (χ3n) is 3.19. The van der Waals surface area contributed by atoms with Gasteiger partial charge in [0, 0.05) is 5.56 Å². The number of ether oxygens (including phenoxy) is 1. The maximum Gasteiger partial charge on any atom is 0.138 e. The third kappa shape index (κ3) is 2.39. The second-order valence-electron chi connectivity index (χ2n) is 5.25. The lowest BCUT2D eigenvalue weighted by atomic mass is 10.2. The molecule has 0 saturated heterocycles. The highest BCUT2D eigenvalue weighted by Gasteiger charge is 2.08. The molecule has 3 rings (SSSR count). The Kier molecular flexibility index (Phi) is 3.18. The summed E-state index contributed by atoms with van der Waals surface area (Å²) in [6.45, 7) is 6.12. The van der Waals surface area contributed by atoms with Gasteiger partial charge in [-0.2, -0.15) is 0 Å². The van der Waals surface area contributed by atoms with E-state index in [-0.39, 0.29) is 6.10 Å². The quantitative estimate of drug-likeness (QED) is 0.766. The molecule has 1 aromatic heterocycles. The molecule has 2 aromatic carbocycles. The van der Waals surface area contributed by atoms with Gasteiger partial charge in [-0.05, 0) is 44.5 Å². The summed E-state index contributed by atoms with van der Waals surface area (Å²) in [7, 11) is 0. The number of fused-ring (bicyclic) bond motifs is 1. The molecule has 0 amide bonds. The Morgan fingerprint density at radius 2 is 1.90 bits per heavy atom. The molecule has 20 heavy (non-hydrogen) atoms. The third-order valence-corrected chi connectivity index (χ3v) is 3.19. The summed E-state index contributed by atoms with van der Waals surface area (Å²) in [6.07, 6.45) is 0.170. The first-order chi connectivity index (χ1) is 9.63. The van der Waals surface area contributed by atoms with Crippen molar-refractivity contribution in [1.29, 1.82) is 0 Å². The minimum Gasteiger partial charge on any atom is -0.491 e. The monoisotopic (exact) mass is 266 g/mol. The van der Waals surface area contributed by atoms with Crippen LogP contribution in [0.5, 0.6) is 5.75 Å². The van der Waals surface area contributed by atoms with Gasteiger partial charge in [0.05, 0.1) is 17.1 Å². The van der Waals surface area contributed by atoms with Crippen molar-refractivity contribution in [2.75, 3.05) is 0 Å². The Labute approximate surface area is 118 Å². The van der Waals surface area contributed by atoms with Crippen molar-refractivity contribution in [2.24, 2.45) is 0 Å². The van der Waals surface area contributed by atoms with E-state index in [1.54, 1.807) is 0 Å². The van der Waals surface area contributed by atoms with Crippen molar-refractivity contribution in [2.45, 2.75) is 26.9 Å². The minimum atomic E-state index is 0.170. The summed E-state index contributed by atoms with van der Waals surface area (Å²) < 4.78 is 5.73. The Morgan fingerprint density at radius 3 is 2.65 bits per heavy atom. The molecule has 1 N–H and O–H groups in total. The van der Waals surface area contributed by atoms with Crippen molar-refractivity contribution in [3.63, 3.8) is 0 Å². The maximum absolute atomic E-state index is 5.73. The van der Waals surface area contributed by atoms with Gasteiger partial charge < -0.3 is 9.72 Å². The first-order valence-electron chi connectivity index (χ1n) is 6.86. The number of aromatic amines is 1. The van der Waals surface area contributed by atoms with Crippen molar-refractivity contribution < 1.29 is 4.74 Å². The molecule has 3 nitrogen and oxygen atoms in total. The number of nitrogens with one attached hydrogen (secondary N) is 1. The predicted octanol–water partition coefficient (Wildman–Crippen LogP) is 4.33. The van der Waals surface area contributed by atoms with Crippen molar-refractivity contribution >= 4 is 11.0 Å². The van der Waals surface area contributed by atoms with E-state index in [4.69, 9.17) is 9.72 Å². The van der Waals surface area contributed by atoms with E-state index in [2.05, 4.69) is 18.0 Å². The highest BCUT2D eigenvalue weighted by Crippen LogP contribution is 2.25. The van der Waals surface area contributed by atoms with Crippen LogP contribution in [0.3, 0.4) is 0 Å². The molecule has 3 heteroatoms. The van der Waals surface area contributed by atoms with E-state index in [1.165, 1.54) is 5.56 Å². The summed E-state index contributed by atoms with van der Waals surface area (Å²) in [5.74, 6) is 1.75. The van der Waals surface area contributed by atoms with Crippen LogP contribution in [0.25, 0.3) is 22.4 Å². The van der Waals surface area contributed by atoms with Gasteiger partial charge in [0.15, 0.2) is 0 Å². The molecule has 0 fully saturated rings. The van der Waals surface area contributed by atoms with Gasteiger partial charge in [0.1, 0.15) is 11.6 Å². The van der Waals surface area contributed by atoms with Gasteiger partial charge in [-0.25, -0.2) is 4.98 Å². The average molecular weight is 266 g/mol. The SMILES string of the molecule is Cc1cccc2[nH]c(-c3cccc(OC(C)C)c3)nc12. The zero-order valence-electron chi connectivity index (χ0n) is 12.0. The first-order valence-corrected chi connectivity index (χ1v) is 6.86. The zero-order chi connectivity index (χ0) is 14.1. The van der Waals surface area contributed by atoms with Gasteiger partial charge in [-0.1, -0.05) is 24.3 Å². The molecule has 0 aliphatic carbocycles. The maximum atomic E-state index is 5.73. The lowest BCUT2D eigenvalue weighted by Gasteiger charge is -2.10. The number of aromatic nitrogens is 2. The lowest BCUT2D eigenvalue weighted by Crippen LogP contribution is -2.05. The smallest absolute Gasteiger partial charge is 0.138 e. The van der Waals surface area contributed by atoms with Crippen molar-refractivity contribution in [3.8, 4) is 17.1 Å². The van der Waals surface area contributed by atoms with Crippen LogP contribution in [0.2, 0.25) is 0 Å². The second kappa shape index (κ2) is 5.00. The van der Waals surface area contributed by atoms with E-state index < -0.39 is 0 Å². The highest BCUT2D eigenvalue weighted by atomic mass is 16.5. The molecule has 0 bridgehead atoms. The standard InChI is InChI=1S/C17H18N2O/c1-11(2)20-14-8-5-7-13(10-14)17-18-15-9-4-6-12(3)16(15)19-17/h4-11H,1-3H3,(H,18,19). The molecule has 0 radical (unpaired) electrons. The summed E-state index contributed by atoms with van der Waals surface area (Å²) in [5, 5.41) is 0. The average Bonchev–Trinajstić information content (AvgIpc) is 2.84. The Hall–Kier alpha value is -2.29. The Bertz CT molecular complexity index is 744. The van der Waals surface area contributed by atoms with Crippen LogP contribution in [0.1, 0.15) is 19.4 Å². The molecular weight excluding hydrogens is 248 g/mol. The van der Waals surface area contributed by atoms with Gasteiger partial charge in [0.25, 0.3) is 0 Å². The summed E-state index contributed by atoms with van der Waals surface area (Å²) in [4.78, 5) is 8.06. The number of benzene rings is 2. The molecule has 0 saturated carbocycles. The number of hydrogen-bond acceptors (Lipinski definition) is 2. The highest BCUT2D eigenvalue weighted by molar-refractivity contribution is 5.82. The van der Waals surface area contributed by atoms with Gasteiger partial charge in [0.2, 0.25) is 0 Å². The minimum absolute atomic E-state index is 0.170. The number of para-hydroxylation sites is 1. The summed E-state index contributed by atoms with van der Waals surface area (Å²) in [6, 6.07) is 14.2. The summed E-state index contributed by atoms with van der Waals surface area (Å²) in [5.41, 5.74) is 4.31. The van der Waals surface area contributed by atoms with Crippen LogP contribution < -0.4 is 4.74 Å². The topological polar surface area (TPSA) is 37.9 Å². The Balaban J connectivity index is 2.04. The molecule has 0 atom stereocenters. The normalized spacial score (nSPS) is 11.2. The zero-order valence-corrected chi connectivity index (χ0v) is 12.0. The van der Waals surface area contributed by atoms with E-state index in [9.17, 15) is 0 Å². The number of H-pyrrole nitrogens is 1. The number of aryl methyl sites for hydroxylation is 1. The van der Waals surface area contributed by atoms with Crippen LogP contribution >= 0.6 is 0 Å². The number of hydrogen-bond donors (Lipinski definition) is 1. The van der Waals surface area contributed by atoms with Crippen LogP contribution in [0.4, 0.5) is 0 Å². The van der Waals surface area contributed by atoms with Crippen LogP contribution in [0.15, 0.2) is 42.5 Å². The van der Waals surface area contributed by atoms with E-state index >= 15 is 0 Å². The Morgan fingerprint density at radius 1 is 1.10 bits per heavy atom. The van der Waals surface area contributed by atoms with Crippen LogP contribution in [-0.4, -0.2) is 16.1 Å². The van der Waals surface area contributed by atoms with Gasteiger partial charge in [-0.3, -0.25) is 0 Å². The second-order valence-corrected chi connectivity index (χ2v) is 5.25. The fourth-order valence-electron chi connectivity index (χ4n) is 2.30. The number of imidazole rings is 1. The molecule has 1 heterocycles. The van der Waals surface area contributed by atoms with Crippen LogP contribution in [-0.2, 0) is 0 Å². The van der Waals surface area contributed by atoms with Gasteiger partial charge >= 0.3 is 0 Å². The molecule has 0 spiro atoms. The van der Waals surface area contributed by atoms with E-state index in [0.717, 1.165) is 28.2 Å². The largest absolute Gasteiger partial charge is 0.491 e. The molecular formula is C17H18N2O. The van der Waals surface area contributed by atoms with E-state index in [1.807, 2.05) is 50.2 Å². The van der Waals surface area contributed by atoms with Crippen molar-refractivity contribution in [3.05, 3.63) is 48.0 Å². The molecule has 0 unspecified atom stereocenters. The van der Waals surface area contributed by atoms with E-state index in [0.29, 0.717) is 0 Å².